The lowest BCUT2D eigenvalue weighted by molar-refractivity contribution is 0.484. The second-order valence-electron chi connectivity index (χ2n) is 15.2. The normalized spacial score (nSPS) is 19.5. The predicted octanol–water partition coefficient (Wildman–Crippen LogP) is 15.6. The van der Waals surface area contributed by atoms with Gasteiger partial charge in [-0.25, -0.2) is 0 Å². The molecule has 0 N–H and O–H groups in total. The fourth-order valence-corrected chi connectivity index (χ4v) is 13.2. The molecule has 0 saturated carbocycles. The van der Waals surface area contributed by atoms with Crippen molar-refractivity contribution in [2.45, 2.75) is 98.7 Å². The fraction of sp³-hybridized carbons (Fsp3) is 0.362. The van der Waals surface area contributed by atoms with Gasteiger partial charge in [-0.05, 0) is 128 Å². The van der Waals surface area contributed by atoms with Gasteiger partial charge in [0.15, 0.2) is 0 Å². The summed E-state index contributed by atoms with van der Waals surface area (Å²) in [6, 6.07) is 12.1. The van der Waals surface area contributed by atoms with E-state index in [0.29, 0.717) is 17.1 Å². The number of hydrogen-bond acceptors (Lipinski definition) is 7. The van der Waals surface area contributed by atoms with Gasteiger partial charge < -0.3 is 0 Å². The highest BCUT2D eigenvalue weighted by Crippen LogP contribution is 2.50. The largest absolute Gasteiger partial charge is 0.172 e. The molecule has 54 heavy (non-hydrogen) atoms. The molecule has 0 radical (unpaired) electrons. The standard InChI is InChI=1S/C47H48N2S5/c1-10-25(5)16-30-14-15-33(12-3)52-42(20-30)40-23-34-26(6)17-32(22-37(34)44-45(40)49-54-48-44)29(9)51-41(13-4)43-24-36-31(11-2)21-39-38(47(36)53-43)18-27(7)35-19-28(8)50-46(35)39/h13,18-26,30,33H,9-12,16-17H2,1-8H3/b41-13-. The van der Waals surface area contributed by atoms with Gasteiger partial charge in [-0.15, -0.1) is 34.4 Å². The zero-order valence-electron chi connectivity index (χ0n) is 32.6. The number of rotatable bonds is 10. The van der Waals surface area contributed by atoms with Crippen LogP contribution in [0.15, 0.2) is 59.5 Å². The van der Waals surface area contributed by atoms with E-state index in [1.807, 2.05) is 46.2 Å². The quantitative estimate of drug-likeness (QED) is 0.129. The van der Waals surface area contributed by atoms with Crippen molar-refractivity contribution in [2.75, 3.05) is 0 Å². The minimum absolute atomic E-state index is 0.264. The molecule has 8 rings (SSSR count). The molecule has 4 atom stereocenters. The number of aryl methyl sites for hydroxylation is 3. The van der Waals surface area contributed by atoms with Crippen LogP contribution in [0.2, 0.25) is 0 Å². The van der Waals surface area contributed by atoms with Crippen molar-refractivity contribution in [1.82, 2.24) is 8.75 Å². The van der Waals surface area contributed by atoms with E-state index >= 15 is 0 Å². The summed E-state index contributed by atoms with van der Waals surface area (Å²) in [6.45, 7) is 22.9. The lowest BCUT2D eigenvalue weighted by Crippen LogP contribution is -2.07. The van der Waals surface area contributed by atoms with E-state index in [4.69, 9.17) is 15.3 Å². The van der Waals surface area contributed by atoms with Crippen molar-refractivity contribution in [2.24, 2.45) is 11.8 Å². The first-order chi connectivity index (χ1) is 26.1. The van der Waals surface area contributed by atoms with E-state index in [1.54, 1.807) is 0 Å². The predicted molar refractivity (Wildman–Crippen MR) is 247 cm³/mol. The van der Waals surface area contributed by atoms with E-state index in [2.05, 4.69) is 116 Å². The van der Waals surface area contributed by atoms with Crippen molar-refractivity contribution >= 4 is 116 Å². The van der Waals surface area contributed by atoms with Crippen LogP contribution in [0.25, 0.3) is 57.9 Å². The highest BCUT2D eigenvalue weighted by molar-refractivity contribution is 8.12. The van der Waals surface area contributed by atoms with Crippen LogP contribution in [0.5, 0.6) is 0 Å². The van der Waals surface area contributed by atoms with Crippen molar-refractivity contribution in [3.63, 3.8) is 0 Å². The molecule has 0 bridgehead atoms. The number of hydrogen-bond donors (Lipinski definition) is 0. The van der Waals surface area contributed by atoms with Gasteiger partial charge in [0.1, 0.15) is 11.0 Å². The van der Waals surface area contributed by atoms with Crippen LogP contribution in [0.4, 0.5) is 0 Å². The van der Waals surface area contributed by atoms with Gasteiger partial charge in [0.05, 0.1) is 17.0 Å². The Kier molecular flexibility index (Phi) is 10.8. The summed E-state index contributed by atoms with van der Waals surface area (Å²) in [5.41, 5.74) is 9.93. The van der Waals surface area contributed by atoms with Gasteiger partial charge >= 0.3 is 0 Å². The SMILES string of the molecule is C=C(S/C(=C\C)c1cc2c(CC)cc3c(cc(C)c4cc(C)sc43)c2s1)C1=Cc2c(cc(C3=CC(CC(C)CC)C#CC(CC)S3)c3nsnc23)C(C)C1. The number of thiophene rings is 2. The van der Waals surface area contributed by atoms with Crippen molar-refractivity contribution < 1.29 is 0 Å². The van der Waals surface area contributed by atoms with Gasteiger partial charge in [-0.2, -0.15) is 8.75 Å². The maximum Gasteiger partial charge on any atom is 0.113 e. The number of aromatic nitrogens is 2. The first kappa shape index (κ1) is 37.8. The summed E-state index contributed by atoms with van der Waals surface area (Å²) in [5, 5.41) is 5.86. The Balaban J connectivity index is 1.14. The molecule has 4 unspecified atom stereocenters. The lowest BCUT2D eigenvalue weighted by Gasteiger charge is -2.25. The highest BCUT2D eigenvalue weighted by atomic mass is 32.2. The Morgan fingerprint density at radius 2 is 1.76 bits per heavy atom. The minimum Gasteiger partial charge on any atom is -0.172 e. The Labute approximate surface area is 341 Å². The maximum atomic E-state index is 4.95. The van der Waals surface area contributed by atoms with Gasteiger partial charge in [0, 0.05) is 61.7 Å². The van der Waals surface area contributed by atoms with Gasteiger partial charge in [0.2, 0.25) is 0 Å². The third-order valence-electron chi connectivity index (χ3n) is 11.3. The number of nitrogens with zero attached hydrogens (tertiary/aromatic N) is 2. The molecule has 0 fully saturated rings. The molecule has 276 valence electrons. The molecule has 0 spiro atoms. The Bertz CT molecular complexity index is 2630. The summed E-state index contributed by atoms with van der Waals surface area (Å²) >= 11 is 8.94. The molecule has 0 amide bonds. The topological polar surface area (TPSA) is 25.8 Å². The van der Waals surface area contributed by atoms with Crippen LogP contribution in [0.3, 0.4) is 0 Å². The van der Waals surface area contributed by atoms with E-state index < -0.39 is 0 Å². The lowest BCUT2D eigenvalue weighted by atomic mass is 9.82. The molecule has 1 aliphatic carbocycles. The first-order valence-corrected chi connectivity index (χ1v) is 23.5. The van der Waals surface area contributed by atoms with Crippen LogP contribution in [-0.4, -0.2) is 14.0 Å². The number of thioether (sulfide) groups is 2. The number of allylic oxidation sites excluding steroid dienone is 3. The van der Waals surface area contributed by atoms with Crippen LogP contribution in [-0.2, 0) is 6.42 Å². The van der Waals surface area contributed by atoms with Crippen LogP contribution in [0.1, 0.15) is 111 Å². The molecule has 4 heterocycles. The van der Waals surface area contributed by atoms with Gasteiger partial charge in [-0.1, -0.05) is 83.4 Å². The summed E-state index contributed by atoms with van der Waals surface area (Å²) in [7, 11) is 0. The third kappa shape index (κ3) is 6.85. The van der Waals surface area contributed by atoms with E-state index in [-0.39, 0.29) is 5.92 Å². The average Bonchev–Trinajstić information content (AvgIpc) is 3.90. The summed E-state index contributed by atoms with van der Waals surface area (Å²) in [6.07, 6.45) is 12.4. The zero-order valence-corrected chi connectivity index (χ0v) is 36.7. The fourth-order valence-electron chi connectivity index (χ4n) is 8.09. The molecular weight excluding hydrogens is 753 g/mol. The first-order valence-electron chi connectivity index (χ1n) is 19.4. The Morgan fingerprint density at radius 1 is 0.981 bits per heavy atom. The zero-order chi connectivity index (χ0) is 37.8. The molecule has 6 aromatic rings. The Morgan fingerprint density at radius 3 is 2.52 bits per heavy atom. The van der Waals surface area contributed by atoms with Crippen molar-refractivity contribution in [3.8, 4) is 11.8 Å². The van der Waals surface area contributed by atoms with Crippen LogP contribution < -0.4 is 0 Å². The van der Waals surface area contributed by atoms with Crippen molar-refractivity contribution in [3.05, 3.63) is 97.1 Å². The number of benzene rings is 3. The minimum atomic E-state index is 0.264. The molecule has 1 aliphatic heterocycles. The highest BCUT2D eigenvalue weighted by Gasteiger charge is 2.28. The maximum absolute atomic E-state index is 4.95. The van der Waals surface area contributed by atoms with E-state index in [9.17, 15) is 0 Å². The molecule has 2 nitrogen and oxygen atoms in total. The van der Waals surface area contributed by atoms with Crippen molar-refractivity contribution in [1.29, 1.82) is 0 Å². The van der Waals surface area contributed by atoms with Gasteiger partial charge in [0.25, 0.3) is 0 Å². The third-order valence-corrected chi connectivity index (χ3v) is 16.8. The molecule has 3 aromatic heterocycles. The smallest absolute Gasteiger partial charge is 0.113 e. The van der Waals surface area contributed by atoms with Gasteiger partial charge in [-0.3, -0.25) is 0 Å². The van der Waals surface area contributed by atoms with E-state index in [1.165, 1.54) is 102 Å². The number of fused-ring (bicyclic) bond motifs is 8. The summed E-state index contributed by atoms with van der Waals surface area (Å²) < 4.78 is 12.7. The Hall–Kier alpha value is -3.12. The summed E-state index contributed by atoms with van der Waals surface area (Å²) in [5.74, 6) is 8.49. The monoisotopic (exact) mass is 800 g/mol. The summed E-state index contributed by atoms with van der Waals surface area (Å²) in [4.78, 5) is 6.38. The molecule has 0 saturated heterocycles. The molecule has 3 aromatic carbocycles. The van der Waals surface area contributed by atoms with E-state index in [0.717, 1.165) is 41.6 Å². The second-order valence-corrected chi connectivity index (χ2v) is 20.4. The second kappa shape index (κ2) is 15.4. The van der Waals surface area contributed by atoms with Crippen LogP contribution in [0, 0.1) is 37.5 Å². The molecular formula is C47H48N2S5. The molecule has 7 heteroatoms. The van der Waals surface area contributed by atoms with Crippen LogP contribution >= 0.6 is 57.9 Å². The average molecular weight is 801 g/mol. The molecule has 2 aliphatic rings.